The first-order chi connectivity index (χ1) is 14.1. The maximum absolute atomic E-state index is 12.9. The van der Waals surface area contributed by atoms with Gasteiger partial charge in [-0.2, -0.15) is 0 Å². The van der Waals surface area contributed by atoms with Crippen molar-refractivity contribution < 1.29 is 9.59 Å². The molecule has 154 valence electrons. The highest BCUT2D eigenvalue weighted by Gasteiger charge is 2.40. The third-order valence-corrected chi connectivity index (χ3v) is 7.81. The van der Waals surface area contributed by atoms with Gasteiger partial charge in [0.05, 0.1) is 4.88 Å². The molecule has 6 heterocycles. The zero-order valence-corrected chi connectivity index (χ0v) is 17.5. The minimum absolute atomic E-state index is 0.0693. The average Bonchev–Trinajstić information content (AvgIpc) is 3.20. The van der Waals surface area contributed by atoms with Gasteiger partial charge in [-0.1, -0.05) is 0 Å². The first kappa shape index (κ1) is 19.0. The van der Waals surface area contributed by atoms with E-state index in [0.717, 1.165) is 62.2 Å². The van der Waals surface area contributed by atoms with Gasteiger partial charge in [0.1, 0.15) is 5.69 Å². The van der Waals surface area contributed by atoms with E-state index in [1.165, 1.54) is 11.3 Å². The summed E-state index contributed by atoms with van der Waals surface area (Å²) in [7, 11) is 0. The Morgan fingerprint density at radius 2 is 1.93 bits per heavy atom. The summed E-state index contributed by atoms with van der Waals surface area (Å²) in [5, 5.41) is 7.43. The molecule has 2 N–H and O–H groups in total. The summed E-state index contributed by atoms with van der Waals surface area (Å²) in [6, 6.07) is 4.29. The van der Waals surface area contributed by atoms with Crippen molar-refractivity contribution in [2.24, 2.45) is 5.92 Å². The first-order valence-electron chi connectivity index (χ1n) is 10.5. The molecule has 4 saturated heterocycles. The number of rotatable bonds is 3. The van der Waals surface area contributed by atoms with Gasteiger partial charge < -0.3 is 15.5 Å². The fourth-order valence-corrected chi connectivity index (χ4v) is 6.00. The Hall–Kier alpha value is -2.03. The van der Waals surface area contributed by atoms with Gasteiger partial charge in [-0.05, 0) is 50.9 Å². The maximum atomic E-state index is 12.9. The van der Waals surface area contributed by atoms with Crippen LogP contribution in [0.25, 0.3) is 10.1 Å². The van der Waals surface area contributed by atoms with Crippen LogP contribution in [0.3, 0.4) is 0 Å². The lowest BCUT2D eigenvalue weighted by atomic mass is 9.79. The van der Waals surface area contributed by atoms with Gasteiger partial charge in [0.25, 0.3) is 11.8 Å². The van der Waals surface area contributed by atoms with Gasteiger partial charge in [-0.3, -0.25) is 19.5 Å². The van der Waals surface area contributed by atoms with Crippen LogP contribution in [0.1, 0.15) is 39.9 Å². The SMILES string of the molecule is CC1C(NC(=O)c2cc3sc(C(=O)N4CCNCC4)cc3cn2)C2CCN1CC2. The van der Waals surface area contributed by atoms with Crippen molar-refractivity contribution in [3.8, 4) is 0 Å². The molecule has 2 aromatic rings. The van der Waals surface area contributed by atoms with E-state index in [-0.39, 0.29) is 17.9 Å². The van der Waals surface area contributed by atoms with Crippen molar-refractivity contribution in [2.45, 2.75) is 31.8 Å². The number of nitrogens with one attached hydrogen (secondary N) is 2. The second-order valence-corrected chi connectivity index (χ2v) is 9.46. The van der Waals surface area contributed by atoms with Crippen molar-refractivity contribution in [3.05, 3.63) is 28.9 Å². The van der Waals surface area contributed by atoms with Crippen LogP contribution in [0.4, 0.5) is 0 Å². The van der Waals surface area contributed by atoms with E-state index in [0.29, 0.717) is 22.5 Å². The number of amides is 2. The topological polar surface area (TPSA) is 77.6 Å². The molecule has 0 aliphatic carbocycles. The summed E-state index contributed by atoms with van der Waals surface area (Å²) in [4.78, 5) is 35.1. The maximum Gasteiger partial charge on any atom is 0.270 e. The van der Waals surface area contributed by atoms with Crippen molar-refractivity contribution in [2.75, 3.05) is 39.3 Å². The Bertz CT molecular complexity index is 928. The molecule has 2 amide bonds. The van der Waals surface area contributed by atoms with Crippen molar-refractivity contribution in [1.82, 2.24) is 25.4 Å². The number of fused-ring (bicyclic) bond motifs is 4. The molecule has 0 saturated carbocycles. The van der Waals surface area contributed by atoms with Gasteiger partial charge in [0.2, 0.25) is 0 Å². The highest BCUT2D eigenvalue weighted by atomic mass is 32.1. The van der Waals surface area contributed by atoms with Gasteiger partial charge in [-0.15, -0.1) is 11.3 Å². The summed E-state index contributed by atoms with van der Waals surface area (Å²) < 4.78 is 0.936. The van der Waals surface area contributed by atoms with Crippen LogP contribution in [-0.2, 0) is 0 Å². The molecule has 0 radical (unpaired) electrons. The number of piperidine rings is 3. The predicted octanol–water partition coefficient (Wildman–Crippen LogP) is 1.55. The molecule has 0 spiro atoms. The first-order valence-corrected chi connectivity index (χ1v) is 11.4. The molecule has 8 heteroatoms. The molecule has 4 aliphatic heterocycles. The summed E-state index contributed by atoms with van der Waals surface area (Å²) in [5.74, 6) is 0.522. The number of aromatic nitrogens is 1. The van der Waals surface area contributed by atoms with Crippen LogP contribution in [0.15, 0.2) is 18.3 Å². The van der Waals surface area contributed by atoms with E-state index in [1.54, 1.807) is 6.20 Å². The molecule has 7 nitrogen and oxygen atoms in total. The number of carbonyl (C=O) groups excluding carboxylic acids is 2. The second kappa shape index (κ2) is 7.66. The summed E-state index contributed by atoms with van der Waals surface area (Å²) >= 11 is 1.45. The van der Waals surface area contributed by atoms with Gasteiger partial charge in [0.15, 0.2) is 0 Å². The Morgan fingerprint density at radius 3 is 2.66 bits per heavy atom. The second-order valence-electron chi connectivity index (χ2n) is 8.37. The number of hydrogen-bond acceptors (Lipinski definition) is 6. The van der Waals surface area contributed by atoms with Gasteiger partial charge >= 0.3 is 0 Å². The fraction of sp³-hybridized carbons (Fsp3) is 0.571. The fourth-order valence-electron chi connectivity index (χ4n) is 4.96. The van der Waals surface area contributed by atoms with Gasteiger partial charge in [0, 0.05) is 54.5 Å². The van der Waals surface area contributed by atoms with E-state index >= 15 is 0 Å². The monoisotopic (exact) mass is 413 g/mol. The van der Waals surface area contributed by atoms with Crippen LogP contribution in [0.2, 0.25) is 0 Å². The highest BCUT2D eigenvalue weighted by molar-refractivity contribution is 7.20. The Balaban J connectivity index is 1.33. The van der Waals surface area contributed by atoms with E-state index in [4.69, 9.17) is 0 Å². The van der Waals surface area contributed by atoms with Crippen LogP contribution < -0.4 is 10.6 Å². The van der Waals surface area contributed by atoms with Gasteiger partial charge in [-0.25, -0.2) is 0 Å². The molecule has 2 aromatic heterocycles. The zero-order chi connectivity index (χ0) is 20.0. The van der Waals surface area contributed by atoms with E-state index in [9.17, 15) is 9.59 Å². The number of thiophene rings is 1. The Kier molecular flexibility index (Phi) is 5.01. The lowest BCUT2D eigenvalue weighted by molar-refractivity contribution is 0.0216. The Morgan fingerprint density at radius 1 is 1.17 bits per heavy atom. The summed E-state index contributed by atoms with van der Waals surface area (Å²) in [6.45, 7) is 7.62. The minimum atomic E-state index is -0.110. The third-order valence-electron chi connectivity index (χ3n) is 6.72. The molecular weight excluding hydrogens is 386 g/mol. The Labute approximate surface area is 174 Å². The van der Waals surface area contributed by atoms with Crippen molar-refractivity contribution >= 4 is 33.2 Å². The molecule has 2 bridgehead atoms. The molecule has 29 heavy (non-hydrogen) atoms. The zero-order valence-electron chi connectivity index (χ0n) is 16.7. The summed E-state index contributed by atoms with van der Waals surface area (Å²) in [5.41, 5.74) is 0.434. The number of nitrogens with zero attached hydrogens (tertiary/aromatic N) is 3. The molecule has 4 fully saturated rings. The standard InChI is InChI=1S/C21H27N5O2S/c1-13-19(14-2-6-25(13)7-3-14)24-20(27)16-11-17-15(12-23-16)10-18(29-17)21(28)26-8-4-22-5-9-26/h10-14,19,22H,2-9H2,1H3,(H,24,27). The van der Waals surface area contributed by atoms with E-state index in [2.05, 4.69) is 27.4 Å². The molecule has 6 rings (SSSR count). The minimum Gasteiger partial charge on any atom is -0.346 e. The van der Waals surface area contributed by atoms with Crippen LogP contribution >= 0.6 is 11.3 Å². The quantitative estimate of drug-likeness (QED) is 0.799. The molecule has 4 aliphatic rings. The lowest BCUT2D eigenvalue weighted by Gasteiger charge is -2.49. The largest absolute Gasteiger partial charge is 0.346 e. The van der Waals surface area contributed by atoms with Crippen LogP contribution in [-0.4, -0.2) is 78.0 Å². The van der Waals surface area contributed by atoms with Crippen LogP contribution in [0.5, 0.6) is 0 Å². The van der Waals surface area contributed by atoms with Crippen molar-refractivity contribution in [1.29, 1.82) is 0 Å². The highest BCUT2D eigenvalue weighted by Crippen LogP contribution is 2.32. The molecule has 0 aromatic carbocycles. The number of pyridine rings is 1. The van der Waals surface area contributed by atoms with Crippen molar-refractivity contribution in [3.63, 3.8) is 0 Å². The predicted molar refractivity (Wildman–Crippen MR) is 113 cm³/mol. The normalized spacial score (nSPS) is 29.2. The third kappa shape index (κ3) is 3.53. The molecule has 2 atom stereocenters. The molecule has 2 unspecified atom stereocenters. The molecular formula is C21H27N5O2S. The lowest BCUT2D eigenvalue weighted by Crippen LogP contribution is -2.62. The smallest absolute Gasteiger partial charge is 0.270 e. The number of hydrogen-bond donors (Lipinski definition) is 2. The average molecular weight is 414 g/mol. The number of piperazine rings is 1. The number of carbonyl (C=O) groups is 2. The summed E-state index contributed by atoms with van der Waals surface area (Å²) in [6.07, 6.45) is 4.03. The van der Waals surface area contributed by atoms with E-state index < -0.39 is 0 Å². The van der Waals surface area contributed by atoms with E-state index in [1.807, 2.05) is 17.0 Å². The van der Waals surface area contributed by atoms with Crippen LogP contribution in [0, 0.1) is 5.92 Å².